The normalized spacial score (nSPS) is 15.0. The third-order valence-electron chi connectivity index (χ3n) is 5.79. The van der Waals surface area contributed by atoms with Crippen molar-refractivity contribution in [1.82, 2.24) is 19.8 Å². The third-order valence-corrected chi connectivity index (χ3v) is 5.79. The molecule has 0 aliphatic carbocycles. The number of hydrogen-bond acceptors (Lipinski definition) is 5. The summed E-state index contributed by atoms with van der Waals surface area (Å²) in [5, 5.41) is 6.39. The molecule has 168 valence electrons. The van der Waals surface area contributed by atoms with Crippen LogP contribution in [0.1, 0.15) is 18.4 Å². The molecule has 8 heteroatoms. The lowest BCUT2D eigenvalue weighted by Crippen LogP contribution is -2.45. The Bertz CT molecular complexity index is 1110. The summed E-state index contributed by atoms with van der Waals surface area (Å²) >= 11 is 0. The fraction of sp³-hybridized carbons (Fsp3) is 0.375. The van der Waals surface area contributed by atoms with Gasteiger partial charge in [-0.3, -0.25) is 14.3 Å². The van der Waals surface area contributed by atoms with Gasteiger partial charge in [-0.05, 0) is 36.6 Å². The maximum Gasteiger partial charge on any atom is 0.319 e. The van der Waals surface area contributed by atoms with Gasteiger partial charge in [0.2, 0.25) is 0 Å². The van der Waals surface area contributed by atoms with Crippen LogP contribution < -0.4 is 16.2 Å². The van der Waals surface area contributed by atoms with Crippen molar-refractivity contribution in [2.45, 2.75) is 32.0 Å². The molecule has 2 N–H and O–H groups in total. The average Bonchev–Trinajstić information content (AvgIpc) is 2.81. The first-order chi connectivity index (χ1) is 15.6. The van der Waals surface area contributed by atoms with Crippen LogP contribution in [0.5, 0.6) is 0 Å². The zero-order valence-corrected chi connectivity index (χ0v) is 18.3. The van der Waals surface area contributed by atoms with E-state index < -0.39 is 0 Å². The van der Waals surface area contributed by atoms with Crippen LogP contribution in [0.4, 0.5) is 10.5 Å². The first-order valence-corrected chi connectivity index (χ1v) is 10.9. The van der Waals surface area contributed by atoms with E-state index in [4.69, 9.17) is 4.74 Å². The smallest absolute Gasteiger partial charge is 0.319 e. The van der Waals surface area contributed by atoms with E-state index in [9.17, 15) is 9.59 Å². The Kier molecular flexibility index (Phi) is 7.14. The molecule has 0 saturated carbocycles. The summed E-state index contributed by atoms with van der Waals surface area (Å²) in [4.78, 5) is 31.9. The van der Waals surface area contributed by atoms with Crippen molar-refractivity contribution >= 4 is 22.6 Å². The maximum atomic E-state index is 12.7. The van der Waals surface area contributed by atoms with E-state index in [-0.39, 0.29) is 17.6 Å². The van der Waals surface area contributed by atoms with Crippen molar-refractivity contribution in [1.29, 1.82) is 0 Å². The van der Waals surface area contributed by atoms with E-state index in [1.807, 2.05) is 6.07 Å². The predicted octanol–water partition coefficient (Wildman–Crippen LogP) is 2.83. The highest BCUT2D eigenvalue weighted by Crippen LogP contribution is 2.16. The van der Waals surface area contributed by atoms with Crippen molar-refractivity contribution in [3.63, 3.8) is 0 Å². The molecule has 4 rings (SSSR count). The predicted molar refractivity (Wildman–Crippen MR) is 125 cm³/mol. The number of amides is 2. The molecule has 1 fully saturated rings. The molecule has 0 unspecified atom stereocenters. The van der Waals surface area contributed by atoms with Crippen LogP contribution in [0.25, 0.3) is 10.9 Å². The standard InChI is InChI=1S/C24H29N5O3/c1-32-14-13-29-17-25-22-8-7-20(15-21(22)23(29)30)27-24(31)26-19-9-11-28(12-10-19)16-18-5-3-2-4-6-18/h2-8,15,17,19H,9-14,16H2,1H3,(H2,26,27,31). The molecular weight excluding hydrogens is 406 g/mol. The highest BCUT2D eigenvalue weighted by atomic mass is 16.5. The molecule has 1 aliphatic heterocycles. The van der Waals surface area contributed by atoms with E-state index >= 15 is 0 Å². The summed E-state index contributed by atoms with van der Waals surface area (Å²) in [5.41, 5.74) is 2.32. The minimum atomic E-state index is -0.255. The number of nitrogens with one attached hydrogen (secondary N) is 2. The van der Waals surface area contributed by atoms with Gasteiger partial charge in [0.15, 0.2) is 0 Å². The summed E-state index contributed by atoms with van der Waals surface area (Å²) in [6.45, 7) is 3.69. The van der Waals surface area contributed by atoms with Crippen LogP contribution in [0.2, 0.25) is 0 Å². The second kappa shape index (κ2) is 10.4. The first-order valence-electron chi connectivity index (χ1n) is 10.9. The van der Waals surface area contributed by atoms with E-state index in [2.05, 4.69) is 44.8 Å². The van der Waals surface area contributed by atoms with E-state index in [0.717, 1.165) is 32.5 Å². The summed E-state index contributed by atoms with van der Waals surface area (Å²) < 4.78 is 6.55. The van der Waals surface area contributed by atoms with Crippen LogP contribution in [-0.2, 0) is 17.8 Å². The van der Waals surface area contributed by atoms with Gasteiger partial charge in [0.25, 0.3) is 5.56 Å². The van der Waals surface area contributed by atoms with Gasteiger partial charge in [0, 0.05) is 38.5 Å². The van der Waals surface area contributed by atoms with E-state index in [1.54, 1.807) is 25.3 Å². The average molecular weight is 436 g/mol. The van der Waals surface area contributed by atoms with Crippen LogP contribution in [0, 0.1) is 0 Å². The molecule has 8 nitrogen and oxygen atoms in total. The third kappa shape index (κ3) is 5.52. The number of ether oxygens (including phenoxy) is 1. The molecule has 3 aromatic rings. The van der Waals surface area contributed by atoms with Crippen LogP contribution >= 0.6 is 0 Å². The Labute approximate surface area is 187 Å². The number of carbonyl (C=O) groups is 1. The van der Waals surface area contributed by atoms with Gasteiger partial charge >= 0.3 is 6.03 Å². The van der Waals surface area contributed by atoms with E-state index in [0.29, 0.717) is 29.7 Å². The summed E-state index contributed by atoms with van der Waals surface area (Å²) in [5.74, 6) is 0. The summed E-state index contributed by atoms with van der Waals surface area (Å²) in [7, 11) is 1.59. The largest absolute Gasteiger partial charge is 0.383 e. The van der Waals surface area contributed by atoms with Gasteiger partial charge < -0.3 is 15.4 Å². The van der Waals surface area contributed by atoms with Crippen LogP contribution in [-0.4, -0.2) is 53.3 Å². The molecule has 2 aromatic carbocycles. The molecule has 1 aliphatic rings. The monoisotopic (exact) mass is 435 g/mol. The number of methoxy groups -OCH3 is 1. The Morgan fingerprint density at radius 2 is 1.94 bits per heavy atom. The number of fused-ring (bicyclic) bond motifs is 1. The fourth-order valence-electron chi connectivity index (χ4n) is 4.02. The second-order valence-corrected chi connectivity index (χ2v) is 8.10. The van der Waals surface area contributed by atoms with Crippen molar-refractivity contribution in [3.05, 3.63) is 70.8 Å². The van der Waals surface area contributed by atoms with Gasteiger partial charge in [0.1, 0.15) is 0 Å². The zero-order valence-electron chi connectivity index (χ0n) is 18.3. The highest BCUT2D eigenvalue weighted by molar-refractivity contribution is 5.92. The molecule has 0 radical (unpaired) electrons. The van der Waals surface area contributed by atoms with Gasteiger partial charge in [-0.15, -0.1) is 0 Å². The Balaban J connectivity index is 1.32. The minimum absolute atomic E-state index is 0.135. The second-order valence-electron chi connectivity index (χ2n) is 8.10. The molecule has 1 aromatic heterocycles. The number of carbonyl (C=O) groups excluding carboxylic acids is 1. The molecule has 32 heavy (non-hydrogen) atoms. The van der Waals surface area contributed by atoms with Crippen molar-refractivity contribution < 1.29 is 9.53 Å². The number of benzene rings is 2. The molecule has 1 saturated heterocycles. The Hall–Kier alpha value is -3.23. The first kappa shape index (κ1) is 22.0. The number of likely N-dealkylation sites (tertiary alicyclic amines) is 1. The maximum absolute atomic E-state index is 12.7. The van der Waals surface area contributed by atoms with Gasteiger partial charge in [-0.2, -0.15) is 0 Å². The lowest BCUT2D eigenvalue weighted by Gasteiger charge is -2.32. The molecular formula is C24H29N5O3. The van der Waals surface area contributed by atoms with Gasteiger partial charge in [-0.25, -0.2) is 9.78 Å². The molecule has 0 atom stereocenters. The lowest BCUT2D eigenvalue weighted by atomic mass is 10.0. The van der Waals surface area contributed by atoms with Gasteiger partial charge in [0.05, 0.1) is 30.4 Å². The fourth-order valence-corrected chi connectivity index (χ4v) is 4.02. The molecule has 2 heterocycles. The highest BCUT2D eigenvalue weighted by Gasteiger charge is 2.20. The number of nitrogens with zero attached hydrogens (tertiary/aromatic N) is 3. The number of piperidine rings is 1. The molecule has 2 amide bonds. The van der Waals surface area contributed by atoms with Crippen molar-refractivity contribution in [2.24, 2.45) is 0 Å². The number of anilines is 1. The van der Waals surface area contributed by atoms with Gasteiger partial charge in [-0.1, -0.05) is 30.3 Å². The number of urea groups is 1. The van der Waals surface area contributed by atoms with Crippen LogP contribution in [0.3, 0.4) is 0 Å². The van der Waals surface area contributed by atoms with Crippen molar-refractivity contribution in [3.8, 4) is 0 Å². The van der Waals surface area contributed by atoms with Crippen molar-refractivity contribution in [2.75, 3.05) is 32.1 Å². The quantitative estimate of drug-likeness (QED) is 0.596. The van der Waals surface area contributed by atoms with Crippen LogP contribution in [0.15, 0.2) is 59.7 Å². The zero-order chi connectivity index (χ0) is 22.3. The summed E-state index contributed by atoms with van der Waals surface area (Å²) in [6.07, 6.45) is 3.34. The van der Waals surface area contributed by atoms with E-state index in [1.165, 1.54) is 16.5 Å². The molecule has 0 spiro atoms. The lowest BCUT2D eigenvalue weighted by molar-refractivity contribution is 0.186. The number of hydrogen-bond donors (Lipinski definition) is 2. The Morgan fingerprint density at radius 1 is 1.16 bits per heavy atom. The molecule has 0 bridgehead atoms. The SMILES string of the molecule is COCCn1cnc2ccc(NC(=O)NC3CCN(Cc4ccccc4)CC3)cc2c1=O. The number of aromatic nitrogens is 2. The number of rotatable bonds is 7. The topological polar surface area (TPSA) is 88.5 Å². The summed E-state index contributed by atoms with van der Waals surface area (Å²) in [6, 6.07) is 15.5. The Morgan fingerprint density at radius 3 is 2.69 bits per heavy atom. The minimum Gasteiger partial charge on any atom is -0.383 e.